The molecule has 1 unspecified atom stereocenters. The van der Waals surface area contributed by atoms with Crippen molar-refractivity contribution in [2.45, 2.75) is 129 Å². The molecule has 2 rings (SSSR count). The Morgan fingerprint density at radius 1 is 0.943 bits per heavy atom. The first-order chi connectivity index (χ1) is 25.1. The third kappa shape index (κ3) is 12.5. The molecular formula is C41H70N4O8. The van der Waals surface area contributed by atoms with E-state index in [-0.39, 0.29) is 54.5 Å². The molecule has 302 valence electrons. The van der Waals surface area contributed by atoms with E-state index in [0.717, 1.165) is 18.4 Å². The average molecular weight is 747 g/mol. The molecule has 3 amide bonds. The number of likely N-dealkylation sites (tertiary alicyclic amines) is 1. The molecule has 1 aromatic carbocycles. The normalized spacial score (nSPS) is 19.8. The summed E-state index contributed by atoms with van der Waals surface area (Å²) in [6, 6.07) is 7.58. The molecule has 12 nitrogen and oxygen atoms in total. The molecule has 2 N–H and O–H groups in total. The van der Waals surface area contributed by atoms with E-state index in [0.29, 0.717) is 25.8 Å². The number of aliphatic hydroxyl groups excluding tert-OH is 1. The number of ether oxygens (including phenoxy) is 3. The van der Waals surface area contributed by atoms with Crippen LogP contribution in [0.3, 0.4) is 0 Å². The molecule has 53 heavy (non-hydrogen) atoms. The smallest absolute Gasteiger partial charge is 0.311 e. The second kappa shape index (κ2) is 22.4. The van der Waals surface area contributed by atoms with E-state index in [1.54, 1.807) is 30.9 Å². The van der Waals surface area contributed by atoms with Gasteiger partial charge in [0.25, 0.3) is 0 Å². The van der Waals surface area contributed by atoms with E-state index in [4.69, 9.17) is 14.2 Å². The van der Waals surface area contributed by atoms with Crippen LogP contribution in [0.4, 0.5) is 0 Å². The lowest BCUT2D eigenvalue weighted by Gasteiger charge is -2.41. The summed E-state index contributed by atoms with van der Waals surface area (Å²) in [6.45, 7) is 14.0. The second-order valence-electron chi connectivity index (χ2n) is 15.5. The van der Waals surface area contributed by atoms with E-state index in [1.165, 1.54) is 7.11 Å². The molecule has 10 atom stereocenters. The van der Waals surface area contributed by atoms with Gasteiger partial charge >= 0.3 is 5.97 Å². The lowest BCUT2D eigenvalue weighted by molar-refractivity contribution is -0.163. The Bertz CT molecular complexity index is 1270. The van der Waals surface area contributed by atoms with Crippen LogP contribution in [0.1, 0.15) is 86.1 Å². The maximum absolute atomic E-state index is 14.4. The zero-order valence-electron chi connectivity index (χ0n) is 34.5. The predicted molar refractivity (Wildman–Crippen MR) is 207 cm³/mol. The van der Waals surface area contributed by atoms with Gasteiger partial charge in [0.2, 0.25) is 17.7 Å². The minimum Gasteiger partial charge on any atom is -0.459 e. The van der Waals surface area contributed by atoms with Crippen LogP contribution in [0, 0.1) is 23.7 Å². The molecule has 1 fully saturated rings. The average Bonchev–Trinajstić information content (AvgIpc) is 3.62. The van der Waals surface area contributed by atoms with Gasteiger partial charge in [-0.15, -0.1) is 0 Å². The molecule has 0 bridgehead atoms. The van der Waals surface area contributed by atoms with Crippen LogP contribution in [0.5, 0.6) is 0 Å². The Kier molecular flexibility index (Phi) is 19.4. The number of methoxy groups -OCH3 is 2. The van der Waals surface area contributed by atoms with Crippen LogP contribution in [0.25, 0.3) is 0 Å². The largest absolute Gasteiger partial charge is 0.459 e. The maximum Gasteiger partial charge on any atom is 0.311 e. The van der Waals surface area contributed by atoms with Crippen LogP contribution in [0.15, 0.2) is 30.3 Å². The SMILES string of the molecule is CC[C@H](C)C(NC(=O)[C@H](C(C)C)N(C)C)C(=O)N(C)[C@@H]([C@@H](C)CC)[C@@H](CC(=O)N1CCC[C@H]1[C@H](OC)[C@@H](C)C(=O)O[C@H](CO)Cc1ccccc1)OC. The zero-order valence-corrected chi connectivity index (χ0v) is 34.5. The van der Waals surface area contributed by atoms with Crippen molar-refractivity contribution < 1.29 is 38.5 Å². The molecule has 0 aliphatic carbocycles. The highest BCUT2D eigenvalue weighted by Gasteiger charge is 2.43. The fourth-order valence-corrected chi connectivity index (χ4v) is 7.86. The minimum atomic E-state index is -0.747. The molecule has 0 saturated carbocycles. The van der Waals surface area contributed by atoms with Crippen LogP contribution in [0.2, 0.25) is 0 Å². The van der Waals surface area contributed by atoms with Crippen molar-refractivity contribution in [2.24, 2.45) is 23.7 Å². The molecular weight excluding hydrogens is 676 g/mol. The van der Waals surface area contributed by atoms with Gasteiger partial charge in [-0.2, -0.15) is 0 Å². The fraction of sp³-hybridized carbons (Fsp3) is 0.756. The van der Waals surface area contributed by atoms with E-state index in [2.05, 4.69) is 5.32 Å². The first-order valence-corrected chi connectivity index (χ1v) is 19.5. The first-order valence-electron chi connectivity index (χ1n) is 19.5. The number of carbonyl (C=O) groups excluding carboxylic acids is 4. The highest BCUT2D eigenvalue weighted by molar-refractivity contribution is 5.90. The summed E-state index contributed by atoms with van der Waals surface area (Å²) in [4.78, 5) is 60.8. The highest BCUT2D eigenvalue weighted by atomic mass is 16.6. The summed E-state index contributed by atoms with van der Waals surface area (Å²) in [7, 11) is 8.57. The Morgan fingerprint density at radius 2 is 1.57 bits per heavy atom. The molecule has 12 heteroatoms. The lowest BCUT2D eigenvalue weighted by atomic mass is 9.89. The Balaban J connectivity index is 2.28. The second-order valence-corrected chi connectivity index (χ2v) is 15.5. The summed E-state index contributed by atoms with van der Waals surface area (Å²) >= 11 is 0. The zero-order chi connectivity index (χ0) is 40.0. The van der Waals surface area contributed by atoms with Crippen molar-refractivity contribution in [3.8, 4) is 0 Å². The van der Waals surface area contributed by atoms with Crippen molar-refractivity contribution in [1.82, 2.24) is 20.0 Å². The number of nitrogens with zero attached hydrogens (tertiary/aromatic N) is 3. The van der Waals surface area contributed by atoms with Crippen LogP contribution < -0.4 is 5.32 Å². The van der Waals surface area contributed by atoms with Crippen molar-refractivity contribution in [2.75, 3.05) is 48.5 Å². The van der Waals surface area contributed by atoms with Crippen molar-refractivity contribution >= 4 is 23.7 Å². The molecule has 1 aliphatic rings. The van der Waals surface area contributed by atoms with E-state index >= 15 is 0 Å². The van der Waals surface area contributed by atoms with E-state index in [1.807, 2.05) is 90.9 Å². The van der Waals surface area contributed by atoms with Gasteiger partial charge in [-0.3, -0.25) is 24.1 Å². The van der Waals surface area contributed by atoms with Crippen molar-refractivity contribution in [3.63, 3.8) is 0 Å². The van der Waals surface area contributed by atoms with Gasteiger partial charge in [0.05, 0.1) is 49.3 Å². The van der Waals surface area contributed by atoms with E-state index < -0.39 is 48.3 Å². The number of hydrogen-bond donors (Lipinski definition) is 2. The number of benzene rings is 1. The number of likely N-dealkylation sites (N-methyl/N-ethyl adjacent to an activating group) is 2. The summed E-state index contributed by atoms with van der Waals surface area (Å²) < 4.78 is 17.7. The Labute approximate surface area is 319 Å². The number of nitrogens with one attached hydrogen (secondary N) is 1. The van der Waals surface area contributed by atoms with Crippen molar-refractivity contribution in [1.29, 1.82) is 0 Å². The summed E-state index contributed by atoms with van der Waals surface area (Å²) in [6.07, 6.45) is 1.28. The third-order valence-electron chi connectivity index (χ3n) is 11.2. The molecule has 0 radical (unpaired) electrons. The third-order valence-corrected chi connectivity index (χ3v) is 11.2. The van der Waals surface area contributed by atoms with Gasteiger partial charge < -0.3 is 34.4 Å². The number of rotatable bonds is 22. The highest BCUT2D eigenvalue weighted by Crippen LogP contribution is 2.30. The minimum absolute atomic E-state index is 0.0218. The number of hydrogen-bond acceptors (Lipinski definition) is 9. The topological polar surface area (TPSA) is 138 Å². The van der Waals surface area contributed by atoms with Gasteiger partial charge in [-0.1, -0.05) is 84.7 Å². The van der Waals surface area contributed by atoms with Gasteiger partial charge in [-0.25, -0.2) is 0 Å². The van der Waals surface area contributed by atoms with Crippen LogP contribution in [-0.2, 0) is 39.8 Å². The monoisotopic (exact) mass is 747 g/mol. The lowest BCUT2D eigenvalue weighted by Crippen LogP contribution is -2.60. The summed E-state index contributed by atoms with van der Waals surface area (Å²) in [5.74, 6) is -1.85. The molecule has 1 aromatic rings. The molecule has 1 saturated heterocycles. The quantitative estimate of drug-likeness (QED) is 0.168. The van der Waals surface area contributed by atoms with Gasteiger partial charge in [0.15, 0.2) is 0 Å². The number of carbonyl (C=O) groups is 4. The number of esters is 1. The van der Waals surface area contributed by atoms with Crippen LogP contribution in [-0.4, -0.2) is 134 Å². The Morgan fingerprint density at radius 3 is 2.08 bits per heavy atom. The number of amides is 3. The molecule has 1 heterocycles. The van der Waals surface area contributed by atoms with Gasteiger partial charge in [0.1, 0.15) is 12.1 Å². The molecule has 1 aliphatic heterocycles. The summed E-state index contributed by atoms with van der Waals surface area (Å²) in [5.41, 5.74) is 0.947. The van der Waals surface area contributed by atoms with Crippen LogP contribution >= 0.6 is 0 Å². The Hall–Kier alpha value is -3.06. The summed E-state index contributed by atoms with van der Waals surface area (Å²) in [5, 5.41) is 13.1. The molecule has 0 aromatic heterocycles. The maximum atomic E-state index is 14.4. The standard InChI is InChI=1S/C41H70N4O8/c1-13-27(5)35(42-39(48)36(26(3)4)43(8)9)40(49)44(10)37(28(6)14-2)33(51-11)24-34(47)45-22-18-21-32(45)38(52-12)29(7)41(50)53-31(25-46)23-30-19-16-15-17-20-30/h15-17,19-20,26-29,31-33,35-38,46H,13-14,18,21-25H2,1-12H3,(H,42,48)/t27-,28-,29+,31-,32-,33+,35?,36-,37-,38+/m0/s1. The number of aliphatic hydroxyl groups is 1. The predicted octanol–water partition coefficient (Wildman–Crippen LogP) is 4.17. The fourth-order valence-electron chi connectivity index (χ4n) is 7.86. The van der Waals surface area contributed by atoms with E-state index in [9.17, 15) is 24.3 Å². The van der Waals surface area contributed by atoms with Gasteiger partial charge in [0, 0.05) is 34.2 Å². The van der Waals surface area contributed by atoms with Gasteiger partial charge in [-0.05, 0) is 57.2 Å². The van der Waals surface area contributed by atoms with Crippen molar-refractivity contribution in [3.05, 3.63) is 35.9 Å². The first kappa shape index (κ1) is 46.1. The molecule has 0 spiro atoms.